The second kappa shape index (κ2) is 10.0. The van der Waals surface area contributed by atoms with Crippen molar-refractivity contribution in [2.45, 2.75) is 25.5 Å². The number of aliphatic hydroxyl groups excluding tert-OH is 1. The molecule has 2 atom stereocenters. The number of nitrogens with zero attached hydrogens (tertiary/aromatic N) is 2. The molecule has 37 heavy (non-hydrogen) atoms. The first-order chi connectivity index (χ1) is 17.8. The Morgan fingerprint density at radius 2 is 1.89 bits per heavy atom. The van der Waals surface area contributed by atoms with Gasteiger partial charge in [-0.05, 0) is 54.4 Å². The maximum absolute atomic E-state index is 13.7. The largest absolute Gasteiger partial charge is 0.482 e. The van der Waals surface area contributed by atoms with Gasteiger partial charge in [-0.25, -0.2) is 0 Å². The van der Waals surface area contributed by atoms with Gasteiger partial charge in [-0.2, -0.15) is 0 Å². The van der Waals surface area contributed by atoms with Crippen LogP contribution in [0.1, 0.15) is 24.5 Å². The first-order valence-electron chi connectivity index (χ1n) is 12.1. The molecule has 0 aromatic heterocycles. The number of para-hydroxylation sites is 2. The SMILES string of the molecule is C[C@@H](/C=C/CCO)[C@]1(O)C(=O)N(Cc2cccc(N3C(=O)COc4ccccc43)c2)c2ccc(Cl)cc21. The number of amides is 2. The van der Waals surface area contributed by atoms with E-state index in [1.807, 2.05) is 48.5 Å². The Morgan fingerprint density at radius 1 is 1.08 bits per heavy atom. The number of carbonyl (C=O) groups is 2. The molecule has 0 spiro atoms. The number of carbonyl (C=O) groups excluding carboxylic acids is 2. The lowest BCUT2D eigenvalue weighted by Gasteiger charge is -2.30. The Hall–Kier alpha value is -3.65. The lowest BCUT2D eigenvalue weighted by atomic mass is 9.83. The normalized spacial score (nSPS) is 19.7. The fourth-order valence-corrected chi connectivity index (χ4v) is 5.12. The van der Waals surface area contributed by atoms with Gasteiger partial charge in [0.05, 0.1) is 17.9 Å². The number of hydrogen-bond donors (Lipinski definition) is 2. The van der Waals surface area contributed by atoms with E-state index >= 15 is 0 Å². The van der Waals surface area contributed by atoms with Gasteiger partial charge in [0.15, 0.2) is 12.2 Å². The third kappa shape index (κ3) is 4.39. The summed E-state index contributed by atoms with van der Waals surface area (Å²) in [5.41, 5.74) is 1.33. The molecule has 2 heterocycles. The second-order valence-electron chi connectivity index (χ2n) is 9.20. The molecular weight excluding hydrogens is 492 g/mol. The number of fused-ring (bicyclic) bond motifs is 2. The van der Waals surface area contributed by atoms with Crippen LogP contribution in [0.4, 0.5) is 17.1 Å². The zero-order chi connectivity index (χ0) is 26.2. The monoisotopic (exact) mass is 518 g/mol. The molecule has 0 radical (unpaired) electrons. The standard InChI is InChI=1S/C29H27ClN2O5/c1-19(7-4-5-14-33)29(36)23-16-21(30)12-13-24(23)31(28(29)35)17-20-8-6-9-22(15-20)32-25-10-2-3-11-26(25)37-18-27(32)34/h2-4,6-13,15-16,19,33,36H,5,14,17-18H2,1H3/b7-4+/t19-,29+/m0/s1. The van der Waals surface area contributed by atoms with Crippen LogP contribution in [-0.2, 0) is 21.7 Å². The van der Waals surface area contributed by atoms with Gasteiger partial charge in [0.25, 0.3) is 11.8 Å². The summed E-state index contributed by atoms with van der Waals surface area (Å²) in [4.78, 5) is 29.7. The van der Waals surface area contributed by atoms with Gasteiger partial charge in [0, 0.05) is 28.8 Å². The van der Waals surface area contributed by atoms with E-state index in [2.05, 4.69) is 0 Å². The van der Waals surface area contributed by atoms with E-state index in [9.17, 15) is 14.7 Å². The summed E-state index contributed by atoms with van der Waals surface area (Å²) in [6, 6.07) is 19.8. The number of aliphatic hydroxyl groups is 2. The molecule has 5 rings (SSSR count). The first-order valence-corrected chi connectivity index (χ1v) is 12.5. The summed E-state index contributed by atoms with van der Waals surface area (Å²) >= 11 is 6.26. The minimum absolute atomic E-state index is 0.0173. The Labute approximate surface area is 220 Å². The molecule has 2 amide bonds. The van der Waals surface area contributed by atoms with Crippen LogP contribution in [0.25, 0.3) is 0 Å². The van der Waals surface area contributed by atoms with E-state index in [0.717, 1.165) is 5.56 Å². The molecule has 0 bridgehead atoms. The van der Waals surface area contributed by atoms with Crippen LogP contribution in [0.3, 0.4) is 0 Å². The highest BCUT2D eigenvalue weighted by molar-refractivity contribution is 6.31. The van der Waals surface area contributed by atoms with Gasteiger partial charge < -0.3 is 19.8 Å². The third-order valence-corrected chi connectivity index (χ3v) is 7.06. The lowest BCUT2D eigenvalue weighted by molar-refractivity contribution is -0.139. The first kappa shape index (κ1) is 25.0. The molecule has 7 nitrogen and oxygen atoms in total. The third-order valence-electron chi connectivity index (χ3n) is 6.83. The number of halogens is 1. The summed E-state index contributed by atoms with van der Waals surface area (Å²) in [5.74, 6) is -0.570. The summed E-state index contributed by atoms with van der Waals surface area (Å²) in [7, 11) is 0. The molecule has 2 N–H and O–H groups in total. The summed E-state index contributed by atoms with van der Waals surface area (Å²) in [5, 5.41) is 21.3. The molecule has 0 fully saturated rings. The quantitative estimate of drug-likeness (QED) is 0.442. The molecule has 190 valence electrons. The van der Waals surface area contributed by atoms with Gasteiger partial charge in [-0.3, -0.25) is 14.5 Å². The van der Waals surface area contributed by atoms with E-state index in [4.69, 9.17) is 21.4 Å². The molecule has 0 saturated carbocycles. The molecule has 8 heteroatoms. The highest BCUT2D eigenvalue weighted by Crippen LogP contribution is 2.47. The summed E-state index contributed by atoms with van der Waals surface area (Å²) in [6.07, 6.45) is 3.92. The maximum Gasteiger partial charge on any atom is 0.269 e. The van der Waals surface area contributed by atoms with E-state index < -0.39 is 17.4 Å². The van der Waals surface area contributed by atoms with Gasteiger partial charge >= 0.3 is 0 Å². The number of ether oxygens (including phenoxy) is 1. The van der Waals surface area contributed by atoms with Crippen LogP contribution in [0.15, 0.2) is 78.9 Å². The zero-order valence-corrected chi connectivity index (χ0v) is 21.1. The van der Waals surface area contributed by atoms with Crippen LogP contribution in [0.2, 0.25) is 5.02 Å². The highest BCUT2D eigenvalue weighted by Gasteiger charge is 2.52. The van der Waals surface area contributed by atoms with Crippen molar-refractivity contribution in [3.05, 3.63) is 95.0 Å². The van der Waals surface area contributed by atoms with Crippen LogP contribution < -0.4 is 14.5 Å². The number of benzene rings is 3. The van der Waals surface area contributed by atoms with Gasteiger partial charge in [-0.15, -0.1) is 0 Å². The van der Waals surface area contributed by atoms with Crippen molar-refractivity contribution in [3.8, 4) is 5.75 Å². The number of anilines is 3. The van der Waals surface area contributed by atoms with Crippen LogP contribution in [0.5, 0.6) is 5.75 Å². The van der Waals surface area contributed by atoms with Crippen molar-refractivity contribution >= 4 is 40.5 Å². The Bertz CT molecular complexity index is 1390. The molecule has 2 aliphatic heterocycles. The van der Waals surface area contributed by atoms with Gasteiger partial charge in [-0.1, -0.05) is 54.9 Å². The molecule has 0 aliphatic carbocycles. The molecule has 3 aromatic carbocycles. The molecule has 2 aliphatic rings. The van der Waals surface area contributed by atoms with Crippen molar-refractivity contribution in [1.29, 1.82) is 0 Å². The zero-order valence-electron chi connectivity index (χ0n) is 20.3. The van der Waals surface area contributed by atoms with E-state index in [1.165, 1.54) is 0 Å². The van der Waals surface area contributed by atoms with Crippen molar-refractivity contribution in [2.75, 3.05) is 23.0 Å². The highest BCUT2D eigenvalue weighted by atomic mass is 35.5. The Balaban J connectivity index is 1.49. The number of rotatable bonds is 7. The topological polar surface area (TPSA) is 90.3 Å². The van der Waals surface area contributed by atoms with Crippen LogP contribution >= 0.6 is 11.6 Å². The summed E-state index contributed by atoms with van der Waals surface area (Å²) in [6.45, 7) is 1.88. The fourth-order valence-electron chi connectivity index (χ4n) is 4.95. The van der Waals surface area contributed by atoms with E-state index in [-0.39, 0.29) is 25.7 Å². The van der Waals surface area contributed by atoms with Gasteiger partial charge in [0.1, 0.15) is 5.75 Å². The van der Waals surface area contributed by atoms with E-state index in [0.29, 0.717) is 39.8 Å². The van der Waals surface area contributed by atoms with Gasteiger partial charge in [0.2, 0.25) is 0 Å². The van der Waals surface area contributed by atoms with Crippen molar-refractivity contribution < 1.29 is 24.5 Å². The predicted molar refractivity (Wildman–Crippen MR) is 142 cm³/mol. The maximum atomic E-state index is 13.7. The minimum atomic E-state index is -1.80. The molecule has 0 saturated heterocycles. The van der Waals surface area contributed by atoms with E-state index in [1.54, 1.807) is 47.1 Å². The average Bonchev–Trinajstić information content (AvgIpc) is 3.11. The minimum Gasteiger partial charge on any atom is -0.482 e. The van der Waals surface area contributed by atoms with Crippen LogP contribution in [-0.4, -0.2) is 35.2 Å². The van der Waals surface area contributed by atoms with Crippen molar-refractivity contribution in [1.82, 2.24) is 0 Å². The molecule has 0 unspecified atom stereocenters. The van der Waals surface area contributed by atoms with Crippen molar-refractivity contribution in [3.63, 3.8) is 0 Å². The summed E-state index contributed by atoms with van der Waals surface area (Å²) < 4.78 is 5.57. The fraction of sp³-hybridized carbons (Fsp3) is 0.241. The lowest BCUT2D eigenvalue weighted by Crippen LogP contribution is -2.44. The molecular formula is C29H27ClN2O5. The van der Waals surface area contributed by atoms with Crippen LogP contribution in [0, 0.1) is 5.92 Å². The number of hydrogen-bond acceptors (Lipinski definition) is 5. The Morgan fingerprint density at radius 3 is 2.70 bits per heavy atom. The smallest absolute Gasteiger partial charge is 0.269 e. The Kier molecular flexibility index (Phi) is 6.77. The molecule has 3 aromatic rings. The second-order valence-corrected chi connectivity index (χ2v) is 9.64. The van der Waals surface area contributed by atoms with Crippen molar-refractivity contribution in [2.24, 2.45) is 5.92 Å². The predicted octanol–water partition coefficient (Wildman–Crippen LogP) is 4.71. The average molecular weight is 519 g/mol.